The van der Waals surface area contributed by atoms with E-state index in [9.17, 15) is 26.4 Å². The number of ether oxygens (including phenoxy) is 1. The first-order valence-electron chi connectivity index (χ1n) is 8.07. The highest BCUT2D eigenvalue weighted by molar-refractivity contribution is 7.85. The van der Waals surface area contributed by atoms with Crippen LogP contribution in [0.4, 0.5) is 13.2 Å². The predicted octanol–water partition coefficient (Wildman–Crippen LogP) is 2.95. The number of esters is 1. The minimum atomic E-state index is -5.10. The van der Waals surface area contributed by atoms with Crippen molar-refractivity contribution in [3.8, 4) is 0 Å². The van der Waals surface area contributed by atoms with Crippen molar-refractivity contribution in [2.45, 2.75) is 57.2 Å². The summed E-state index contributed by atoms with van der Waals surface area (Å²) in [5.41, 5.74) is -4.18. The lowest BCUT2D eigenvalue weighted by Crippen LogP contribution is -2.56. The Labute approximate surface area is 138 Å². The quantitative estimate of drug-likeness (QED) is 0.608. The van der Waals surface area contributed by atoms with Gasteiger partial charge in [-0.25, -0.2) is 0 Å². The SMILES string of the molecule is CC(CS(=O)(=O)O)(OC(=O)C12CC3CC(CC(C3)C1)C2)C(F)(F)F. The first kappa shape index (κ1) is 18.0. The molecule has 1 atom stereocenters. The molecule has 5 nitrogen and oxygen atoms in total. The van der Waals surface area contributed by atoms with Crippen LogP contribution >= 0.6 is 0 Å². The van der Waals surface area contributed by atoms with Crippen LogP contribution in [0.25, 0.3) is 0 Å². The van der Waals surface area contributed by atoms with Crippen molar-refractivity contribution < 1.29 is 35.7 Å². The minimum absolute atomic E-state index is 0.336. The molecule has 0 aromatic heterocycles. The molecule has 0 spiro atoms. The maximum absolute atomic E-state index is 13.3. The van der Waals surface area contributed by atoms with Gasteiger partial charge in [0.05, 0.1) is 5.41 Å². The molecule has 0 amide bonds. The van der Waals surface area contributed by atoms with Gasteiger partial charge in [-0.1, -0.05) is 0 Å². The Bertz CT molecular complexity index is 607. The zero-order chi connectivity index (χ0) is 18.0. The average Bonchev–Trinajstić information content (AvgIpc) is 2.32. The number of carbonyl (C=O) groups excluding carboxylic acids is 1. The summed E-state index contributed by atoms with van der Waals surface area (Å²) in [6, 6.07) is 0. The molecule has 0 heterocycles. The molecule has 4 saturated carbocycles. The molecule has 24 heavy (non-hydrogen) atoms. The van der Waals surface area contributed by atoms with Gasteiger partial charge in [0.2, 0.25) is 5.60 Å². The highest BCUT2D eigenvalue weighted by atomic mass is 32.2. The van der Waals surface area contributed by atoms with Gasteiger partial charge in [0.1, 0.15) is 5.75 Å². The number of hydrogen-bond donors (Lipinski definition) is 1. The first-order chi connectivity index (χ1) is 10.8. The molecule has 4 aliphatic carbocycles. The molecular formula is C15H21F3O5S. The van der Waals surface area contributed by atoms with Crippen LogP contribution in [-0.4, -0.2) is 36.5 Å². The topological polar surface area (TPSA) is 80.7 Å². The van der Waals surface area contributed by atoms with Crippen molar-refractivity contribution in [1.82, 2.24) is 0 Å². The van der Waals surface area contributed by atoms with E-state index in [0.29, 0.717) is 43.9 Å². The van der Waals surface area contributed by atoms with Gasteiger partial charge in [-0.2, -0.15) is 21.6 Å². The van der Waals surface area contributed by atoms with Gasteiger partial charge in [-0.15, -0.1) is 0 Å². The fourth-order valence-corrected chi connectivity index (χ4v) is 6.11. The van der Waals surface area contributed by atoms with Crippen LogP contribution in [-0.2, 0) is 19.6 Å². The Morgan fingerprint density at radius 1 is 1.12 bits per heavy atom. The van der Waals surface area contributed by atoms with Crippen molar-refractivity contribution >= 4 is 16.1 Å². The number of halogens is 3. The van der Waals surface area contributed by atoms with E-state index in [1.807, 2.05) is 0 Å². The van der Waals surface area contributed by atoms with Crippen molar-refractivity contribution in [2.75, 3.05) is 5.75 Å². The molecule has 9 heteroatoms. The third-order valence-electron chi connectivity index (χ3n) is 5.85. The average molecular weight is 370 g/mol. The summed E-state index contributed by atoms with van der Waals surface area (Å²) in [4.78, 5) is 12.6. The van der Waals surface area contributed by atoms with Gasteiger partial charge < -0.3 is 4.74 Å². The van der Waals surface area contributed by atoms with Crippen molar-refractivity contribution in [3.63, 3.8) is 0 Å². The number of rotatable bonds is 4. The summed E-state index contributed by atoms with van der Waals surface area (Å²) in [6.07, 6.45) is -0.538. The summed E-state index contributed by atoms with van der Waals surface area (Å²) in [6.45, 7) is 0.499. The highest BCUT2D eigenvalue weighted by Crippen LogP contribution is 2.60. The van der Waals surface area contributed by atoms with E-state index < -0.39 is 39.0 Å². The number of hydrogen-bond acceptors (Lipinski definition) is 4. The minimum Gasteiger partial charge on any atom is -0.448 e. The second kappa shape index (κ2) is 5.33. The van der Waals surface area contributed by atoms with E-state index in [0.717, 1.165) is 19.3 Å². The largest absolute Gasteiger partial charge is 0.448 e. The lowest BCUT2D eigenvalue weighted by Gasteiger charge is -2.55. The highest BCUT2D eigenvalue weighted by Gasteiger charge is 2.61. The van der Waals surface area contributed by atoms with Crippen LogP contribution in [0.1, 0.15) is 45.4 Å². The molecule has 0 radical (unpaired) electrons. The Balaban J connectivity index is 1.84. The lowest BCUT2D eigenvalue weighted by atomic mass is 9.49. The van der Waals surface area contributed by atoms with E-state index in [4.69, 9.17) is 9.29 Å². The van der Waals surface area contributed by atoms with E-state index in [-0.39, 0.29) is 0 Å². The van der Waals surface area contributed by atoms with Crippen molar-refractivity contribution in [2.24, 2.45) is 23.2 Å². The summed E-state index contributed by atoms with van der Waals surface area (Å²) in [5, 5.41) is 0. The van der Waals surface area contributed by atoms with E-state index in [1.165, 1.54) is 0 Å². The van der Waals surface area contributed by atoms with E-state index >= 15 is 0 Å². The monoisotopic (exact) mass is 370 g/mol. The van der Waals surface area contributed by atoms with Crippen LogP contribution in [0.2, 0.25) is 0 Å². The van der Waals surface area contributed by atoms with E-state index in [1.54, 1.807) is 0 Å². The number of alkyl halides is 3. The third kappa shape index (κ3) is 3.16. The molecule has 4 aliphatic rings. The molecule has 0 aromatic rings. The van der Waals surface area contributed by atoms with Crippen LogP contribution in [0.3, 0.4) is 0 Å². The summed E-state index contributed by atoms with van der Waals surface area (Å²) < 4.78 is 75.5. The third-order valence-corrected chi connectivity index (χ3v) is 6.76. The first-order valence-corrected chi connectivity index (χ1v) is 9.68. The molecule has 138 valence electrons. The molecule has 1 unspecified atom stereocenters. The summed E-state index contributed by atoms with van der Waals surface area (Å²) >= 11 is 0. The molecule has 0 aliphatic heterocycles. The zero-order valence-corrected chi connectivity index (χ0v) is 14.1. The normalized spacial score (nSPS) is 38.0. The molecular weight excluding hydrogens is 349 g/mol. The van der Waals surface area contributed by atoms with Gasteiger partial charge in [0, 0.05) is 0 Å². The van der Waals surface area contributed by atoms with Crippen LogP contribution < -0.4 is 0 Å². The predicted molar refractivity (Wildman–Crippen MR) is 77.6 cm³/mol. The standard InChI is InChI=1S/C15H21F3O5S/c1-13(15(16,17)18,8-24(20,21)22)23-12(19)14-5-9-2-10(6-14)4-11(3-9)7-14/h9-11H,2-8H2,1H3,(H,20,21,22). The second-order valence-corrected chi connectivity index (χ2v) is 9.49. The Hall–Kier alpha value is -0.830. The van der Waals surface area contributed by atoms with Crippen molar-refractivity contribution in [3.05, 3.63) is 0 Å². The summed E-state index contributed by atoms with van der Waals surface area (Å²) in [7, 11) is -4.96. The van der Waals surface area contributed by atoms with Gasteiger partial charge in [0.25, 0.3) is 10.1 Å². The molecule has 4 bridgehead atoms. The van der Waals surface area contributed by atoms with Crippen molar-refractivity contribution in [1.29, 1.82) is 0 Å². The fourth-order valence-electron chi connectivity index (χ4n) is 5.19. The van der Waals surface area contributed by atoms with Crippen LogP contribution in [0, 0.1) is 23.2 Å². The molecule has 4 rings (SSSR count). The summed E-state index contributed by atoms with van der Waals surface area (Å²) in [5.74, 6) is -1.65. The number of carbonyl (C=O) groups is 1. The Kier molecular flexibility index (Phi) is 3.99. The Morgan fingerprint density at radius 3 is 1.88 bits per heavy atom. The maximum atomic E-state index is 13.3. The van der Waals surface area contributed by atoms with Gasteiger partial charge >= 0.3 is 12.1 Å². The lowest BCUT2D eigenvalue weighted by molar-refractivity contribution is -0.264. The molecule has 0 aromatic carbocycles. The molecule has 1 N–H and O–H groups in total. The zero-order valence-electron chi connectivity index (χ0n) is 13.3. The van der Waals surface area contributed by atoms with E-state index in [2.05, 4.69) is 0 Å². The second-order valence-electron chi connectivity index (χ2n) is 8.04. The molecule has 0 saturated heterocycles. The maximum Gasteiger partial charge on any atom is 0.429 e. The molecule has 4 fully saturated rings. The van der Waals surface area contributed by atoms with Crippen LogP contribution in [0.5, 0.6) is 0 Å². The smallest absolute Gasteiger partial charge is 0.429 e. The fraction of sp³-hybridized carbons (Fsp3) is 0.933. The van der Waals surface area contributed by atoms with Gasteiger partial charge in [-0.05, 0) is 63.2 Å². The van der Waals surface area contributed by atoms with Gasteiger partial charge in [0.15, 0.2) is 0 Å². The Morgan fingerprint density at radius 2 is 1.54 bits per heavy atom. The van der Waals surface area contributed by atoms with Gasteiger partial charge in [-0.3, -0.25) is 9.35 Å². The van der Waals surface area contributed by atoms with Crippen LogP contribution in [0.15, 0.2) is 0 Å².